The number of benzene rings is 9. The third-order valence-electron chi connectivity index (χ3n) is 8.74. The minimum Gasteiger partial charge on any atom is -0.0616 e. The van der Waals surface area contributed by atoms with Crippen molar-refractivity contribution >= 4 is 64.6 Å². The van der Waals surface area contributed by atoms with Crippen LogP contribution >= 0.6 is 0 Å². The third kappa shape index (κ3) is 2.96. The van der Waals surface area contributed by atoms with Crippen LogP contribution in [0.15, 0.2) is 146 Å². The van der Waals surface area contributed by atoms with Gasteiger partial charge in [-0.15, -0.1) is 0 Å². The van der Waals surface area contributed by atoms with Crippen molar-refractivity contribution in [2.75, 3.05) is 0 Å². The molecule has 0 spiro atoms. The highest BCUT2D eigenvalue weighted by Crippen LogP contribution is 2.46. The topological polar surface area (TPSA) is 0 Å². The molecule has 0 fully saturated rings. The molecule has 0 bridgehead atoms. The predicted molar refractivity (Wildman–Crippen MR) is 174 cm³/mol. The predicted octanol–water partition coefficient (Wildman–Crippen LogP) is 11.4. The summed E-state index contributed by atoms with van der Waals surface area (Å²) in [6, 6.07) is 53.9. The van der Waals surface area contributed by atoms with Crippen molar-refractivity contribution in [2.24, 2.45) is 0 Å². The second-order valence-corrected chi connectivity index (χ2v) is 10.9. The van der Waals surface area contributed by atoms with Gasteiger partial charge in [0.15, 0.2) is 0 Å². The van der Waals surface area contributed by atoms with Crippen molar-refractivity contribution in [1.29, 1.82) is 0 Å². The maximum atomic E-state index is 2.40. The van der Waals surface area contributed by atoms with Gasteiger partial charge < -0.3 is 0 Å². The van der Waals surface area contributed by atoms with E-state index >= 15 is 0 Å². The van der Waals surface area contributed by atoms with E-state index in [2.05, 4.69) is 146 Å². The second-order valence-electron chi connectivity index (χ2n) is 10.9. The van der Waals surface area contributed by atoms with Crippen molar-refractivity contribution in [3.8, 4) is 22.3 Å². The third-order valence-corrected chi connectivity index (χ3v) is 8.74. The van der Waals surface area contributed by atoms with Gasteiger partial charge in [0.25, 0.3) is 0 Å². The van der Waals surface area contributed by atoms with Crippen LogP contribution in [-0.2, 0) is 0 Å². The Bertz CT molecular complexity index is 2300. The molecule has 0 nitrogen and oxygen atoms in total. The Balaban J connectivity index is 1.43. The molecular weight excluding hydrogens is 480 g/mol. The summed E-state index contributed by atoms with van der Waals surface area (Å²) >= 11 is 0. The van der Waals surface area contributed by atoms with Crippen molar-refractivity contribution in [3.05, 3.63) is 146 Å². The lowest BCUT2D eigenvalue weighted by molar-refractivity contribution is 1.69. The molecule has 9 rings (SSSR count). The Morgan fingerprint density at radius 3 is 1.32 bits per heavy atom. The van der Waals surface area contributed by atoms with Gasteiger partial charge in [0.05, 0.1) is 0 Å². The zero-order valence-electron chi connectivity index (χ0n) is 21.9. The van der Waals surface area contributed by atoms with Gasteiger partial charge in [0.2, 0.25) is 0 Å². The van der Waals surface area contributed by atoms with E-state index < -0.39 is 0 Å². The van der Waals surface area contributed by atoms with Gasteiger partial charge in [-0.3, -0.25) is 0 Å². The maximum absolute atomic E-state index is 2.40. The molecule has 0 heteroatoms. The summed E-state index contributed by atoms with van der Waals surface area (Å²) < 4.78 is 0. The lowest BCUT2D eigenvalue weighted by Crippen LogP contribution is -1.92. The normalized spacial score (nSPS) is 12.0. The lowest BCUT2D eigenvalue weighted by atomic mass is 9.83. The van der Waals surface area contributed by atoms with Crippen LogP contribution in [0.5, 0.6) is 0 Å². The highest BCUT2D eigenvalue weighted by atomic mass is 14.2. The molecule has 0 aliphatic carbocycles. The average molecular weight is 505 g/mol. The van der Waals surface area contributed by atoms with Crippen LogP contribution in [0.3, 0.4) is 0 Å². The minimum atomic E-state index is 1.27. The van der Waals surface area contributed by atoms with E-state index in [1.807, 2.05) is 0 Å². The Morgan fingerprint density at radius 2 is 0.700 bits per heavy atom. The lowest BCUT2D eigenvalue weighted by Gasteiger charge is -2.19. The molecule has 0 heterocycles. The van der Waals surface area contributed by atoms with Crippen molar-refractivity contribution in [2.45, 2.75) is 0 Å². The molecule has 0 N–H and O–H groups in total. The molecule has 0 atom stereocenters. The number of fused-ring (bicyclic) bond motifs is 3. The standard InChI is InChI=1S/C40H24/c1-2-13-31-25(9-1)10-8-18-32(31)40-35-16-5-3-14-33(35)39(34-15-4-6-17-36(34)40)30-23-28-21-19-26-11-7-12-27-20-22-29(24-30)38(28)37(26)27/h1-24H. The highest BCUT2D eigenvalue weighted by Gasteiger charge is 2.19. The summed E-state index contributed by atoms with van der Waals surface area (Å²) in [6.45, 7) is 0. The molecule has 9 aromatic rings. The first-order chi connectivity index (χ1) is 19.8. The zero-order chi connectivity index (χ0) is 26.2. The van der Waals surface area contributed by atoms with Gasteiger partial charge in [-0.05, 0) is 99.0 Å². The quantitative estimate of drug-likeness (QED) is 0.162. The summed E-state index contributed by atoms with van der Waals surface area (Å²) in [7, 11) is 0. The first kappa shape index (κ1) is 21.7. The van der Waals surface area contributed by atoms with Crippen LogP contribution in [0.1, 0.15) is 0 Å². The molecule has 0 aromatic heterocycles. The zero-order valence-corrected chi connectivity index (χ0v) is 21.9. The van der Waals surface area contributed by atoms with Crippen LogP contribution in [-0.4, -0.2) is 0 Å². The van der Waals surface area contributed by atoms with E-state index in [1.54, 1.807) is 0 Å². The number of rotatable bonds is 2. The van der Waals surface area contributed by atoms with Crippen molar-refractivity contribution in [3.63, 3.8) is 0 Å². The smallest absolute Gasteiger partial charge is 0.00201 e. The Labute approximate surface area is 232 Å². The maximum Gasteiger partial charge on any atom is -0.00201 e. The van der Waals surface area contributed by atoms with Crippen molar-refractivity contribution < 1.29 is 0 Å². The Hall–Kier alpha value is -5.20. The SMILES string of the molecule is c1ccc2c(-c3c4ccccc4c(-c4cc5ccc6cccc7ccc(c4)c5c67)c4ccccc34)cccc2c1. The molecule has 9 aromatic carbocycles. The second kappa shape index (κ2) is 8.15. The highest BCUT2D eigenvalue weighted by molar-refractivity contribution is 6.27. The fourth-order valence-corrected chi connectivity index (χ4v) is 7.07. The monoisotopic (exact) mass is 504 g/mol. The van der Waals surface area contributed by atoms with Gasteiger partial charge in [-0.1, -0.05) is 133 Å². The van der Waals surface area contributed by atoms with Gasteiger partial charge >= 0.3 is 0 Å². The van der Waals surface area contributed by atoms with Crippen LogP contribution in [0.2, 0.25) is 0 Å². The molecule has 0 saturated heterocycles. The largest absolute Gasteiger partial charge is 0.0616 e. The average Bonchev–Trinajstić information content (AvgIpc) is 3.02. The van der Waals surface area contributed by atoms with E-state index in [0.717, 1.165) is 0 Å². The van der Waals surface area contributed by atoms with Gasteiger partial charge in [-0.2, -0.15) is 0 Å². The van der Waals surface area contributed by atoms with Crippen LogP contribution in [0.4, 0.5) is 0 Å². The van der Waals surface area contributed by atoms with E-state index in [-0.39, 0.29) is 0 Å². The minimum absolute atomic E-state index is 1.27. The first-order valence-corrected chi connectivity index (χ1v) is 13.9. The van der Waals surface area contributed by atoms with Crippen LogP contribution in [0, 0.1) is 0 Å². The first-order valence-electron chi connectivity index (χ1n) is 13.9. The van der Waals surface area contributed by atoms with Gasteiger partial charge in [0.1, 0.15) is 0 Å². The summed E-state index contributed by atoms with van der Waals surface area (Å²) in [5.74, 6) is 0. The summed E-state index contributed by atoms with van der Waals surface area (Å²) in [5.41, 5.74) is 5.17. The number of hydrogen-bond donors (Lipinski definition) is 0. The molecule has 0 radical (unpaired) electrons. The molecule has 0 amide bonds. The molecular formula is C40H24. The van der Waals surface area contributed by atoms with Crippen LogP contribution < -0.4 is 0 Å². The molecule has 40 heavy (non-hydrogen) atoms. The molecule has 184 valence electrons. The van der Waals surface area contributed by atoms with E-state index in [0.29, 0.717) is 0 Å². The van der Waals surface area contributed by atoms with E-state index in [9.17, 15) is 0 Å². The van der Waals surface area contributed by atoms with E-state index in [4.69, 9.17) is 0 Å². The van der Waals surface area contributed by atoms with Gasteiger partial charge in [-0.25, -0.2) is 0 Å². The van der Waals surface area contributed by atoms with Crippen LogP contribution in [0.25, 0.3) is 86.9 Å². The molecule has 0 aliphatic rings. The van der Waals surface area contributed by atoms with Crippen molar-refractivity contribution in [1.82, 2.24) is 0 Å². The summed E-state index contributed by atoms with van der Waals surface area (Å²) in [4.78, 5) is 0. The number of hydrogen-bond acceptors (Lipinski definition) is 0. The molecule has 0 aliphatic heterocycles. The summed E-state index contributed by atoms with van der Waals surface area (Å²) in [6.07, 6.45) is 0. The Kier molecular flexibility index (Phi) is 4.42. The van der Waals surface area contributed by atoms with Gasteiger partial charge in [0, 0.05) is 0 Å². The fourth-order valence-electron chi connectivity index (χ4n) is 7.07. The molecule has 0 unspecified atom stereocenters. The molecule has 0 saturated carbocycles. The van der Waals surface area contributed by atoms with E-state index in [1.165, 1.54) is 86.9 Å². The fraction of sp³-hybridized carbons (Fsp3) is 0. The Morgan fingerprint density at radius 1 is 0.275 bits per heavy atom. The summed E-state index contributed by atoms with van der Waals surface area (Å²) in [5, 5.41) is 15.6.